The summed E-state index contributed by atoms with van der Waals surface area (Å²) in [5.74, 6) is 1.24. The molecule has 4 nitrogen and oxygen atoms in total. The van der Waals surface area contributed by atoms with Gasteiger partial charge in [0.25, 0.3) is 5.89 Å². The van der Waals surface area contributed by atoms with Crippen molar-refractivity contribution in [2.24, 2.45) is 0 Å². The van der Waals surface area contributed by atoms with Crippen LogP contribution in [0.25, 0.3) is 11.6 Å². The van der Waals surface area contributed by atoms with E-state index < -0.39 is 0 Å². The second kappa shape index (κ2) is 6.13. The van der Waals surface area contributed by atoms with E-state index in [1.54, 1.807) is 12.4 Å². The summed E-state index contributed by atoms with van der Waals surface area (Å²) in [4.78, 5) is 8.52. The predicted octanol–water partition coefficient (Wildman–Crippen LogP) is 3.62. The molecule has 4 heteroatoms. The lowest BCUT2D eigenvalue weighted by Gasteiger charge is -1.95. The Hall–Kier alpha value is -2.75. The molecule has 0 N–H and O–H groups in total. The second-order valence-electron chi connectivity index (χ2n) is 4.79. The molecule has 0 radical (unpaired) electrons. The van der Waals surface area contributed by atoms with E-state index in [1.165, 1.54) is 5.56 Å². The third-order valence-corrected chi connectivity index (χ3v) is 3.08. The molecule has 0 amide bonds. The van der Waals surface area contributed by atoms with Crippen molar-refractivity contribution in [1.82, 2.24) is 15.1 Å². The van der Waals surface area contributed by atoms with Gasteiger partial charge in [0.15, 0.2) is 5.82 Å². The minimum Gasteiger partial charge on any atom is -0.334 e. The molecule has 104 valence electrons. The van der Waals surface area contributed by atoms with Crippen LogP contribution in [0.2, 0.25) is 0 Å². The maximum absolute atomic E-state index is 5.32. The Bertz CT molecular complexity index is 733. The summed E-state index contributed by atoms with van der Waals surface area (Å²) >= 11 is 0. The highest BCUT2D eigenvalue weighted by Gasteiger charge is 2.08. The van der Waals surface area contributed by atoms with Crippen LogP contribution < -0.4 is 0 Å². The van der Waals surface area contributed by atoms with Crippen LogP contribution in [-0.2, 0) is 6.42 Å². The van der Waals surface area contributed by atoms with E-state index in [4.69, 9.17) is 4.52 Å². The summed E-state index contributed by atoms with van der Waals surface area (Å²) in [7, 11) is 0. The van der Waals surface area contributed by atoms with Crippen LogP contribution in [0.3, 0.4) is 0 Å². The highest BCUT2D eigenvalue weighted by Crippen LogP contribution is 2.16. The molecule has 21 heavy (non-hydrogen) atoms. The van der Waals surface area contributed by atoms with E-state index in [2.05, 4.69) is 15.1 Å². The molecular formula is C17H15N3O. The highest BCUT2D eigenvalue weighted by molar-refractivity contribution is 5.76. The number of rotatable bonds is 4. The van der Waals surface area contributed by atoms with E-state index in [0.29, 0.717) is 18.1 Å². The molecule has 0 spiro atoms. The molecule has 0 aliphatic carbocycles. The lowest BCUT2D eigenvalue weighted by molar-refractivity contribution is 0.401. The molecule has 0 saturated carbocycles. The van der Waals surface area contributed by atoms with Crippen molar-refractivity contribution in [2.75, 3.05) is 0 Å². The SMILES string of the molecule is C/C(=C/c1cccnc1)c1nc(Cc2ccccc2)no1. The Morgan fingerprint density at radius 3 is 2.76 bits per heavy atom. The highest BCUT2D eigenvalue weighted by atomic mass is 16.5. The molecule has 2 aromatic heterocycles. The topological polar surface area (TPSA) is 51.8 Å². The molecule has 3 rings (SSSR count). The largest absolute Gasteiger partial charge is 0.334 e. The van der Waals surface area contributed by atoms with Gasteiger partial charge in [-0.2, -0.15) is 4.98 Å². The van der Waals surface area contributed by atoms with Gasteiger partial charge in [0, 0.05) is 24.4 Å². The Morgan fingerprint density at radius 2 is 2.00 bits per heavy atom. The number of aromatic nitrogens is 3. The van der Waals surface area contributed by atoms with Gasteiger partial charge in [-0.05, 0) is 30.2 Å². The maximum atomic E-state index is 5.32. The van der Waals surface area contributed by atoms with E-state index >= 15 is 0 Å². The summed E-state index contributed by atoms with van der Waals surface area (Å²) < 4.78 is 5.32. The molecule has 0 saturated heterocycles. The van der Waals surface area contributed by atoms with Crippen LogP contribution in [0, 0.1) is 0 Å². The van der Waals surface area contributed by atoms with E-state index in [0.717, 1.165) is 11.1 Å². The van der Waals surface area contributed by atoms with Gasteiger partial charge in [-0.15, -0.1) is 0 Å². The lowest BCUT2D eigenvalue weighted by atomic mass is 10.1. The fraction of sp³-hybridized carbons (Fsp3) is 0.118. The fourth-order valence-corrected chi connectivity index (χ4v) is 2.04. The zero-order chi connectivity index (χ0) is 14.5. The van der Waals surface area contributed by atoms with Gasteiger partial charge in [0.1, 0.15) is 0 Å². The standard InChI is InChI=1S/C17H15N3O/c1-13(10-15-8-5-9-18-12-15)17-19-16(20-21-17)11-14-6-3-2-4-7-14/h2-10,12H,11H2,1H3/b13-10-. The second-order valence-corrected chi connectivity index (χ2v) is 4.79. The molecule has 1 aromatic carbocycles. The van der Waals surface area contributed by atoms with Crippen LogP contribution in [-0.4, -0.2) is 15.1 Å². The smallest absolute Gasteiger partial charge is 0.253 e. The van der Waals surface area contributed by atoms with Crippen LogP contribution in [0.5, 0.6) is 0 Å². The average molecular weight is 277 g/mol. The van der Waals surface area contributed by atoms with Crippen molar-refractivity contribution in [2.45, 2.75) is 13.3 Å². The van der Waals surface area contributed by atoms with Crippen LogP contribution in [0.15, 0.2) is 59.4 Å². The summed E-state index contributed by atoms with van der Waals surface area (Å²) in [6, 6.07) is 14.0. The molecule has 0 fully saturated rings. The fourth-order valence-electron chi connectivity index (χ4n) is 2.04. The minimum absolute atomic E-state index is 0.546. The average Bonchev–Trinajstić information content (AvgIpc) is 2.98. The van der Waals surface area contributed by atoms with Crippen molar-refractivity contribution >= 4 is 11.6 Å². The number of hydrogen-bond donors (Lipinski definition) is 0. The van der Waals surface area contributed by atoms with Gasteiger partial charge in [0.05, 0.1) is 0 Å². The number of hydrogen-bond acceptors (Lipinski definition) is 4. The molecule has 0 aliphatic heterocycles. The zero-order valence-electron chi connectivity index (χ0n) is 11.7. The Labute approximate surface area is 123 Å². The molecule has 2 heterocycles. The Morgan fingerprint density at radius 1 is 1.14 bits per heavy atom. The monoisotopic (exact) mass is 277 g/mol. The quantitative estimate of drug-likeness (QED) is 0.731. The van der Waals surface area contributed by atoms with Crippen molar-refractivity contribution in [1.29, 1.82) is 0 Å². The van der Waals surface area contributed by atoms with E-state index in [9.17, 15) is 0 Å². The minimum atomic E-state index is 0.546. The van der Waals surface area contributed by atoms with E-state index in [-0.39, 0.29) is 0 Å². The number of pyridine rings is 1. The third-order valence-electron chi connectivity index (χ3n) is 3.08. The Kier molecular flexibility index (Phi) is 3.87. The lowest BCUT2D eigenvalue weighted by Crippen LogP contribution is -1.90. The number of benzene rings is 1. The number of allylic oxidation sites excluding steroid dienone is 1. The molecular weight excluding hydrogens is 262 g/mol. The first-order valence-corrected chi connectivity index (χ1v) is 6.76. The molecule has 0 unspecified atom stereocenters. The van der Waals surface area contributed by atoms with Gasteiger partial charge in [-0.25, -0.2) is 0 Å². The molecule has 0 bridgehead atoms. The summed E-state index contributed by atoms with van der Waals surface area (Å²) in [6.07, 6.45) is 6.19. The van der Waals surface area contributed by atoms with Gasteiger partial charge in [-0.3, -0.25) is 4.98 Å². The zero-order valence-corrected chi connectivity index (χ0v) is 11.7. The predicted molar refractivity (Wildman–Crippen MR) is 81.3 cm³/mol. The normalized spacial score (nSPS) is 11.6. The van der Waals surface area contributed by atoms with Crippen molar-refractivity contribution < 1.29 is 4.52 Å². The Balaban J connectivity index is 1.77. The molecule has 3 aromatic rings. The van der Waals surface area contributed by atoms with Crippen molar-refractivity contribution in [3.05, 3.63) is 77.7 Å². The summed E-state index contributed by atoms with van der Waals surface area (Å²) in [5, 5.41) is 4.03. The van der Waals surface area contributed by atoms with Crippen LogP contribution in [0.1, 0.15) is 29.8 Å². The maximum Gasteiger partial charge on any atom is 0.253 e. The molecule has 0 aliphatic rings. The van der Waals surface area contributed by atoms with Crippen LogP contribution in [0.4, 0.5) is 0 Å². The van der Waals surface area contributed by atoms with Crippen molar-refractivity contribution in [3.8, 4) is 0 Å². The van der Waals surface area contributed by atoms with Gasteiger partial charge in [0.2, 0.25) is 0 Å². The summed E-state index contributed by atoms with van der Waals surface area (Å²) in [6.45, 7) is 1.95. The van der Waals surface area contributed by atoms with Gasteiger partial charge >= 0.3 is 0 Å². The molecule has 0 atom stereocenters. The van der Waals surface area contributed by atoms with Gasteiger partial charge < -0.3 is 4.52 Å². The van der Waals surface area contributed by atoms with Gasteiger partial charge in [-0.1, -0.05) is 41.6 Å². The van der Waals surface area contributed by atoms with E-state index in [1.807, 2.05) is 55.5 Å². The first-order valence-electron chi connectivity index (χ1n) is 6.76. The van der Waals surface area contributed by atoms with Crippen molar-refractivity contribution in [3.63, 3.8) is 0 Å². The van der Waals surface area contributed by atoms with Crippen LogP contribution >= 0.6 is 0 Å². The first-order chi connectivity index (χ1) is 10.3. The summed E-state index contributed by atoms with van der Waals surface area (Å²) in [5.41, 5.74) is 3.10. The number of nitrogens with zero attached hydrogens (tertiary/aromatic N) is 3. The third kappa shape index (κ3) is 3.42. The first kappa shape index (κ1) is 13.2.